The van der Waals surface area contributed by atoms with Crippen LogP contribution in [0.3, 0.4) is 0 Å². The van der Waals surface area contributed by atoms with Crippen molar-refractivity contribution in [2.24, 2.45) is 5.73 Å². The average molecular weight is 253 g/mol. The average Bonchev–Trinajstić information content (AvgIpc) is 2.45. The highest BCUT2D eigenvalue weighted by Gasteiger charge is 2.05. The van der Waals surface area contributed by atoms with E-state index in [1.54, 1.807) is 12.3 Å². The van der Waals surface area contributed by atoms with Crippen LogP contribution in [0.15, 0.2) is 42.6 Å². The van der Waals surface area contributed by atoms with Crippen LogP contribution < -0.4 is 10.5 Å². The van der Waals surface area contributed by atoms with Crippen molar-refractivity contribution in [3.63, 3.8) is 0 Å². The minimum absolute atomic E-state index is 0.0309. The Labute approximate surface area is 112 Å². The number of pyridine rings is 1. The first-order valence-corrected chi connectivity index (χ1v) is 6.03. The Kier molecular flexibility index (Phi) is 4.11. The Morgan fingerprint density at radius 3 is 2.95 bits per heavy atom. The highest BCUT2D eigenvalue weighted by molar-refractivity contribution is 5.32. The molecule has 0 amide bonds. The minimum atomic E-state index is -0.0309. The molecule has 0 aliphatic heterocycles. The van der Waals surface area contributed by atoms with Gasteiger partial charge in [0, 0.05) is 17.8 Å². The van der Waals surface area contributed by atoms with Gasteiger partial charge >= 0.3 is 0 Å². The number of rotatable bonds is 4. The maximum Gasteiger partial charge on any atom is 0.147 e. The molecule has 0 spiro atoms. The molecule has 0 aliphatic rings. The summed E-state index contributed by atoms with van der Waals surface area (Å²) in [6.07, 6.45) is 1.60. The number of benzene rings is 1. The van der Waals surface area contributed by atoms with Crippen LogP contribution >= 0.6 is 0 Å². The number of aromatic nitrogens is 1. The monoisotopic (exact) mass is 253 g/mol. The van der Waals surface area contributed by atoms with E-state index in [4.69, 9.17) is 15.7 Å². The lowest BCUT2D eigenvalue weighted by molar-refractivity contribution is 0.305. The zero-order chi connectivity index (χ0) is 13.7. The number of nitriles is 1. The van der Waals surface area contributed by atoms with Gasteiger partial charge in [0.15, 0.2) is 0 Å². The molecule has 1 heterocycles. The predicted molar refractivity (Wildman–Crippen MR) is 72.3 cm³/mol. The fourth-order valence-electron chi connectivity index (χ4n) is 1.70. The van der Waals surface area contributed by atoms with E-state index < -0.39 is 0 Å². The standard InChI is InChI=1S/C15H15N3O/c1-11(17)12-4-2-6-14(8-12)19-10-13-5-3-7-18-15(13)9-16/h2-8,11H,10,17H2,1H3/t11-/m0/s1. The fourth-order valence-corrected chi connectivity index (χ4v) is 1.70. The first kappa shape index (κ1) is 13.1. The highest BCUT2D eigenvalue weighted by atomic mass is 16.5. The molecule has 2 N–H and O–H groups in total. The number of nitrogens with zero attached hydrogens (tertiary/aromatic N) is 2. The topological polar surface area (TPSA) is 71.9 Å². The molecule has 0 aliphatic carbocycles. The van der Waals surface area contributed by atoms with Gasteiger partial charge in [-0.1, -0.05) is 18.2 Å². The van der Waals surface area contributed by atoms with Crippen molar-refractivity contribution in [1.82, 2.24) is 4.98 Å². The molecule has 96 valence electrons. The number of hydrogen-bond acceptors (Lipinski definition) is 4. The molecular weight excluding hydrogens is 238 g/mol. The Hall–Kier alpha value is -2.38. The summed E-state index contributed by atoms with van der Waals surface area (Å²) in [4.78, 5) is 3.99. The fraction of sp³-hybridized carbons (Fsp3) is 0.200. The number of ether oxygens (including phenoxy) is 1. The van der Waals surface area contributed by atoms with Crippen molar-refractivity contribution < 1.29 is 4.74 Å². The lowest BCUT2D eigenvalue weighted by Gasteiger charge is -2.10. The molecule has 0 fully saturated rings. The normalized spacial score (nSPS) is 11.6. The van der Waals surface area contributed by atoms with E-state index >= 15 is 0 Å². The van der Waals surface area contributed by atoms with E-state index in [0.717, 1.165) is 16.9 Å². The summed E-state index contributed by atoms with van der Waals surface area (Å²) in [6, 6.07) is 13.3. The third kappa shape index (κ3) is 3.30. The Balaban J connectivity index is 2.11. The van der Waals surface area contributed by atoms with Crippen LogP contribution in [0.1, 0.15) is 29.8 Å². The zero-order valence-corrected chi connectivity index (χ0v) is 10.7. The Morgan fingerprint density at radius 1 is 1.37 bits per heavy atom. The van der Waals surface area contributed by atoms with Gasteiger partial charge in [0.05, 0.1) is 0 Å². The zero-order valence-electron chi connectivity index (χ0n) is 10.7. The van der Waals surface area contributed by atoms with Crippen LogP contribution in [-0.2, 0) is 6.61 Å². The summed E-state index contributed by atoms with van der Waals surface area (Å²) in [5.41, 5.74) is 8.01. The van der Waals surface area contributed by atoms with Crippen LogP contribution in [0.5, 0.6) is 5.75 Å². The van der Waals surface area contributed by atoms with Crippen LogP contribution in [0.2, 0.25) is 0 Å². The van der Waals surface area contributed by atoms with Gasteiger partial charge in [-0.3, -0.25) is 0 Å². The van der Waals surface area contributed by atoms with E-state index in [1.165, 1.54) is 0 Å². The number of nitrogens with two attached hydrogens (primary N) is 1. The molecular formula is C15H15N3O. The van der Waals surface area contributed by atoms with Crippen molar-refractivity contribution in [2.45, 2.75) is 19.6 Å². The van der Waals surface area contributed by atoms with Gasteiger partial charge in [-0.2, -0.15) is 5.26 Å². The second kappa shape index (κ2) is 5.98. The van der Waals surface area contributed by atoms with Gasteiger partial charge in [-0.25, -0.2) is 4.98 Å². The molecule has 1 atom stereocenters. The Bertz CT molecular complexity index is 602. The summed E-state index contributed by atoms with van der Waals surface area (Å²) in [5.74, 6) is 0.738. The molecule has 4 nitrogen and oxygen atoms in total. The van der Waals surface area contributed by atoms with Crippen molar-refractivity contribution >= 4 is 0 Å². The predicted octanol–water partition coefficient (Wildman–Crippen LogP) is 2.55. The summed E-state index contributed by atoms with van der Waals surface area (Å²) < 4.78 is 5.68. The van der Waals surface area contributed by atoms with E-state index in [1.807, 2.05) is 37.3 Å². The van der Waals surface area contributed by atoms with Crippen LogP contribution in [0, 0.1) is 11.3 Å². The van der Waals surface area contributed by atoms with Gasteiger partial charge in [-0.15, -0.1) is 0 Å². The van der Waals surface area contributed by atoms with Gasteiger partial charge in [-0.05, 0) is 30.7 Å². The number of hydrogen-bond donors (Lipinski definition) is 1. The van der Waals surface area contributed by atoms with E-state index in [2.05, 4.69) is 11.1 Å². The minimum Gasteiger partial charge on any atom is -0.489 e. The molecule has 0 radical (unpaired) electrons. The van der Waals surface area contributed by atoms with Gasteiger partial charge in [0.1, 0.15) is 24.1 Å². The molecule has 19 heavy (non-hydrogen) atoms. The van der Waals surface area contributed by atoms with Crippen LogP contribution in [-0.4, -0.2) is 4.98 Å². The van der Waals surface area contributed by atoms with Crippen molar-refractivity contribution in [2.75, 3.05) is 0 Å². The summed E-state index contributed by atoms with van der Waals surface area (Å²) in [6.45, 7) is 2.24. The molecule has 0 unspecified atom stereocenters. The summed E-state index contributed by atoms with van der Waals surface area (Å²) in [5, 5.41) is 8.95. The third-order valence-electron chi connectivity index (χ3n) is 2.78. The molecule has 0 saturated heterocycles. The largest absolute Gasteiger partial charge is 0.489 e. The molecule has 0 saturated carbocycles. The van der Waals surface area contributed by atoms with Crippen LogP contribution in [0.4, 0.5) is 0 Å². The van der Waals surface area contributed by atoms with Gasteiger partial charge < -0.3 is 10.5 Å². The molecule has 2 rings (SSSR count). The first-order chi connectivity index (χ1) is 9.20. The maximum absolute atomic E-state index is 8.95. The lowest BCUT2D eigenvalue weighted by Crippen LogP contribution is -2.05. The van der Waals surface area contributed by atoms with Crippen molar-refractivity contribution in [1.29, 1.82) is 5.26 Å². The van der Waals surface area contributed by atoms with E-state index in [0.29, 0.717) is 12.3 Å². The lowest BCUT2D eigenvalue weighted by atomic mass is 10.1. The van der Waals surface area contributed by atoms with Crippen molar-refractivity contribution in [3.05, 3.63) is 59.4 Å². The Morgan fingerprint density at radius 2 is 2.21 bits per heavy atom. The highest BCUT2D eigenvalue weighted by Crippen LogP contribution is 2.19. The van der Waals surface area contributed by atoms with E-state index in [-0.39, 0.29) is 6.04 Å². The second-order valence-corrected chi connectivity index (χ2v) is 4.27. The van der Waals surface area contributed by atoms with Crippen molar-refractivity contribution in [3.8, 4) is 11.8 Å². The van der Waals surface area contributed by atoms with Gasteiger partial charge in [0.2, 0.25) is 0 Å². The van der Waals surface area contributed by atoms with Gasteiger partial charge in [0.25, 0.3) is 0 Å². The van der Waals surface area contributed by atoms with E-state index in [9.17, 15) is 0 Å². The maximum atomic E-state index is 8.95. The molecule has 1 aromatic carbocycles. The van der Waals surface area contributed by atoms with Crippen LogP contribution in [0.25, 0.3) is 0 Å². The molecule has 2 aromatic rings. The SMILES string of the molecule is C[C@H](N)c1cccc(OCc2cccnc2C#N)c1. The summed E-state index contributed by atoms with van der Waals surface area (Å²) >= 11 is 0. The molecule has 1 aromatic heterocycles. The quantitative estimate of drug-likeness (QED) is 0.908. The third-order valence-corrected chi connectivity index (χ3v) is 2.78. The molecule has 0 bridgehead atoms. The molecule has 4 heteroatoms. The summed E-state index contributed by atoms with van der Waals surface area (Å²) in [7, 11) is 0. The second-order valence-electron chi connectivity index (χ2n) is 4.27. The first-order valence-electron chi connectivity index (χ1n) is 6.03. The smallest absolute Gasteiger partial charge is 0.147 e.